The van der Waals surface area contributed by atoms with E-state index in [2.05, 4.69) is 33.6 Å². The lowest BCUT2D eigenvalue weighted by Gasteiger charge is -2.36. The highest BCUT2D eigenvalue weighted by atomic mass is 32.2. The van der Waals surface area contributed by atoms with Gasteiger partial charge in [-0.2, -0.15) is 0 Å². The molecule has 0 radical (unpaired) electrons. The van der Waals surface area contributed by atoms with E-state index in [0.29, 0.717) is 11.9 Å². The minimum absolute atomic E-state index is 0.565. The van der Waals surface area contributed by atoms with Gasteiger partial charge in [0.15, 0.2) is 5.16 Å². The van der Waals surface area contributed by atoms with Crippen molar-refractivity contribution in [3.05, 3.63) is 11.8 Å². The van der Waals surface area contributed by atoms with Crippen molar-refractivity contribution in [1.29, 1.82) is 0 Å². The van der Waals surface area contributed by atoms with Crippen LogP contribution in [-0.2, 0) is 0 Å². The highest BCUT2D eigenvalue weighted by Gasteiger charge is 2.18. The van der Waals surface area contributed by atoms with Crippen molar-refractivity contribution in [1.82, 2.24) is 19.8 Å². The predicted molar refractivity (Wildman–Crippen MR) is 89.7 cm³/mol. The molecule has 2 rings (SSSR count). The van der Waals surface area contributed by atoms with Gasteiger partial charge in [0.1, 0.15) is 5.82 Å². The molecule has 0 aliphatic carbocycles. The summed E-state index contributed by atoms with van der Waals surface area (Å²) in [6.45, 7) is 12.5. The SMILES string of the molecule is Cc1cc(N)nc(SCCCN2CCN(C(C)C)CC2)n1. The summed E-state index contributed by atoms with van der Waals surface area (Å²) >= 11 is 1.70. The molecule has 5 nitrogen and oxygen atoms in total. The third kappa shape index (κ3) is 5.45. The standard InChI is InChI=1S/C15H27N5S/c1-12(2)20-8-6-19(7-9-20)5-4-10-21-15-17-13(3)11-14(16)18-15/h11-12H,4-10H2,1-3H3,(H2,16,17,18). The fourth-order valence-corrected chi connectivity index (χ4v) is 3.42. The van der Waals surface area contributed by atoms with E-state index in [-0.39, 0.29) is 0 Å². The second-order valence-corrected chi connectivity index (χ2v) is 6.95. The number of rotatable bonds is 6. The number of piperazine rings is 1. The van der Waals surface area contributed by atoms with Gasteiger partial charge in [-0.25, -0.2) is 9.97 Å². The summed E-state index contributed by atoms with van der Waals surface area (Å²) in [5, 5.41) is 0.803. The molecule has 1 saturated heterocycles. The number of hydrogen-bond donors (Lipinski definition) is 1. The lowest BCUT2D eigenvalue weighted by molar-refractivity contribution is 0.109. The van der Waals surface area contributed by atoms with Crippen LogP contribution in [0.3, 0.4) is 0 Å². The Morgan fingerprint density at radius 3 is 2.57 bits per heavy atom. The number of aryl methyl sites for hydroxylation is 1. The first kappa shape index (κ1) is 16.5. The largest absolute Gasteiger partial charge is 0.384 e. The van der Waals surface area contributed by atoms with E-state index in [1.807, 2.05) is 6.92 Å². The van der Waals surface area contributed by atoms with Gasteiger partial charge in [-0.05, 0) is 33.7 Å². The van der Waals surface area contributed by atoms with E-state index < -0.39 is 0 Å². The summed E-state index contributed by atoms with van der Waals surface area (Å²) < 4.78 is 0. The molecule has 0 bridgehead atoms. The van der Waals surface area contributed by atoms with Gasteiger partial charge in [0.2, 0.25) is 0 Å². The molecule has 0 aromatic carbocycles. The Morgan fingerprint density at radius 1 is 1.24 bits per heavy atom. The molecule has 0 saturated carbocycles. The van der Waals surface area contributed by atoms with Crippen molar-refractivity contribution in [3.8, 4) is 0 Å². The van der Waals surface area contributed by atoms with E-state index in [1.54, 1.807) is 17.8 Å². The second-order valence-electron chi connectivity index (χ2n) is 5.89. The molecule has 2 heterocycles. The Kier molecular flexibility index (Phi) is 6.26. The molecular weight excluding hydrogens is 282 g/mol. The van der Waals surface area contributed by atoms with E-state index >= 15 is 0 Å². The number of nitrogens with two attached hydrogens (primary N) is 1. The van der Waals surface area contributed by atoms with Crippen LogP contribution in [0.4, 0.5) is 5.82 Å². The fraction of sp³-hybridized carbons (Fsp3) is 0.733. The molecule has 2 N–H and O–H groups in total. The number of hydrogen-bond acceptors (Lipinski definition) is 6. The van der Waals surface area contributed by atoms with Gasteiger partial charge in [0.25, 0.3) is 0 Å². The number of thioether (sulfide) groups is 1. The van der Waals surface area contributed by atoms with E-state index in [1.165, 1.54) is 39.1 Å². The van der Waals surface area contributed by atoms with Crippen molar-refractivity contribution < 1.29 is 0 Å². The Balaban J connectivity index is 1.64. The molecule has 21 heavy (non-hydrogen) atoms. The Hall–Kier alpha value is -0.850. The average molecular weight is 309 g/mol. The Bertz CT molecular complexity index is 423. The molecule has 1 aliphatic heterocycles. The Morgan fingerprint density at radius 2 is 1.95 bits per heavy atom. The molecule has 0 atom stereocenters. The van der Waals surface area contributed by atoms with E-state index in [9.17, 15) is 0 Å². The van der Waals surface area contributed by atoms with Crippen LogP contribution in [0.25, 0.3) is 0 Å². The second kappa shape index (κ2) is 7.96. The monoisotopic (exact) mass is 309 g/mol. The number of nitrogen functional groups attached to an aromatic ring is 1. The molecule has 1 aromatic rings. The molecule has 6 heteroatoms. The molecule has 1 aliphatic rings. The van der Waals surface area contributed by atoms with Crippen LogP contribution in [0.2, 0.25) is 0 Å². The van der Waals surface area contributed by atoms with Crippen molar-refractivity contribution in [3.63, 3.8) is 0 Å². The number of aromatic nitrogens is 2. The van der Waals surface area contributed by atoms with Gasteiger partial charge in [-0.15, -0.1) is 0 Å². The Labute approximate surface area is 132 Å². The zero-order valence-corrected chi connectivity index (χ0v) is 14.2. The number of nitrogens with zero attached hydrogens (tertiary/aromatic N) is 4. The maximum atomic E-state index is 5.74. The summed E-state index contributed by atoms with van der Waals surface area (Å²) in [6.07, 6.45) is 1.17. The minimum atomic E-state index is 0.565. The zero-order chi connectivity index (χ0) is 15.2. The van der Waals surface area contributed by atoms with Crippen LogP contribution in [0.1, 0.15) is 26.0 Å². The normalized spacial score (nSPS) is 17.5. The predicted octanol–water partition coefficient (Wildman–Crippen LogP) is 1.88. The molecular formula is C15H27N5S. The van der Waals surface area contributed by atoms with Gasteiger partial charge in [-0.3, -0.25) is 4.90 Å². The van der Waals surface area contributed by atoms with Crippen LogP contribution >= 0.6 is 11.8 Å². The average Bonchev–Trinajstić information content (AvgIpc) is 2.43. The maximum absolute atomic E-state index is 5.74. The summed E-state index contributed by atoms with van der Waals surface area (Å²) in [5.41, 5.74) is 6.68. The summed E-state index contributed by atoms with van der Waals surface area (Å²) in [6, 6.07) is 2.48. The van der Waals surface area contributed by atoms with Gasteiger partial charge in [-0.1, -0.05) is 11.8 Å². The van der Waals surface area contributed by atoms with Gasteiger partial charge < -0.3 is 10.6 Å². The van der Waals surface area contributed by atoms with Crippen LogP contribution < -0.4 is 5.73 Å². The van der Waals surface area contributed by atoms with Crippen LogP contribution in [0, 0.1) is 6.92 Å². The molecule has 0 unspecified atom stereocenters. The van der Waals surface area contributed by atoms with Crippen molar-refractivity contribution in [2.24, 2.45) is 0 Å². The van der Waals surface area contributed by atoms with Crippen molar-refractivity contribution in [2.75, 3.05) is 44.2 Å². The first-order chi connectivity index (χ1) is 10.0. The third-order valence-electron chi connectivity index (χ3n) is 3.84. The highest BCUT2D eigenvalue weighted by Crippen LogP contribution is 2.16. The van der Waals surface area contributed by atoms with Gasteiger partial charge >= 0.3 is 0 Å². The molecule has 0 amide bonds. The lowest BCUT2D eigenvalue weighted by Crippen LogP contribution is -2.48. The third-order valence-corrected chi connectivity index (χ3v) is 4.77. The quantitative estimate of drug-likeness (QED) is 0.492. The molecule has 1 fully saturated rings. The zero-order valence-electron chi connectivity index (χ0n) is 13.4. The highest BCUT2D eigenvalue weighted by molar-refractivity contribution is 7.99. The topological polar surface area (TPSA) is 58.3 Å². The van der Waals surface area contributed by atoms with Crippen molar-refractivity contribution >= 4 is 17.6 Å². The smallest absolute Gasteiger partial charge is 0.189 e. The first-order valence-corrected chi connectivity index (χ1v) is 8.73. The fourth-order valence-electron chi connectivity index (χ4n) is 2.58. The molecule has 0 spiro atoms. The van der Waals surface area contributed by atoms with E-state index in [4.69, 9.17) is 5.73 Å². The summed E-state index contributed by atoms with van der Waals surface area (Å²) in [7, 11) is 0. The van der Waals surface area contributed by atoms with Crippen molar-refractivity contribution in [2.45, 2.75) is 38.4 Å². The van der Waals surface area contributed by atoms with Gasteiger partial charge in [0, 0.05) is 49.7 Å². The lowest BCUT2D eigenvalue weighted by atomic mass is 10.2. The molecule has 1 aromatic heterocycles. The molecule has 118 valence electrons. The van der Waals surface area contributed by atoms with Gasteiger partial charge in [0.05, 0.1) is 0 Å². The summed E-state index contributed by atoms with van der Waals surface area (Å²) in [4.78, 5) is 13.8. The van der Waals surface area contributed by atoms with Crippen LogP contribution in [0.15, 0.2) is 11.2 Å². The summed E-state index contributed by atoms with van der Waals surface area (Å²) in [5.74, 6) is 1.61. The van der Waals surface area contributed by atoms with Crippen LogP contribution in [-0.4, -0.2) is 64.3 Å². The van der Waals surface area contributed by atoms with Crippen LogP contribution in [0.5, 0.6) is 0 Å². The first-order valence-electron chi connectivity index (χ1n) is 7.75. The minimum Gasteiger partial charge on any atom is -0.384 e. The van der Waals surface area contributed by atoms with E-state index in [0.717, 1.165) is 16.6 Å². The maximum Gasteiger partial charge on any atom is 0.189 e. The number of anilines is 1.